The van der Waals surface area contributed by atoms with Crippen LogP contribution in [0.15, 0.2) is 303 Å². The number of hydrogen-bond acceptors (Lipinski definition) is 1. The molecule has 0 radical (unpaired) electrons. The van der Waals surface area contributed by atoms with Crippen LogP contribution in [0.5, 0.6) is 0 Å². The molecular weight excluding hydrogens is 988 g/mol. The van der Waals surface area contributed by atoms with Crippen molar-refractivity contribution in [2.24, 2.45) is 0 Å². The van der Waals surface area contributed by atoms with E-state index in [1.807, 2.05) is 66.7 Å². The third-order valence-corrected chi connectivity index (χ3v) is 20.1. The highest BCUT2D eigenvalue weighted by Crippen LogP contribution is 2.70. The maximum absolute atomic E-state index is 16.3. The van der Waals surface area contributed by atoms with Crippen LogP contribution >= 0.6 is 7.44 Å². The van der Waals surface area contributed by atoms with Gasteiger partial charge in [-0.05, 0) is 156 Å². The fourth-order valence-electron chi connectivity index (χ4n) is 13.6. The van der Waals surface area contributed by atoms with Crippen molar-refractivity contribution in [3.05, 3.63) is 342 Å². The Morgan fingerprint density at radius 2 is 0.775 bits per heavy atom. The average Bonchev–Trinajstić information content (AvgIpc) is 4.33. The lowest BCUT2D eigenvalue weighted by Gasteiger charge is -2.33. The van der Waals surface area contributed by atoms with E-state index in [4.69, 9.17) is 0 Å². The second-order valence-corrected chi connectivity index (χ2v) is 23.8. The Labute approximate surface area is 468 Å². The molecule has 0 fully saturated rings. The molecule has 2 atom stereocenters. The van der Waals surface area contributed by atoms with E-state index in [-0.39, 0.29) is 5.92 Å². The zero-order chi connectivity index (χ0) is 53.2. The minimum absolute atomic E-state index is 0.125. The number of hydrogen-bond donors (Lipinski definition) is 0. The second kappa shape index (κ2) is 19.4. The molecule has 0 aromatic heterocycles. The average molecular weight is 1040 g/mol. The van der Waals surface area contributed by atoms with Crippen LogP contribution in [0.4, 0.5) is 22.7 Å². The monoisotopic (exact) mass is 1040 g/mol. The number of aryl methyl sites for hydroxylation is 1. The van der Waals surface area contributed by atoms with E-state index in [0.29, 0.717) is 0 Å². The molecule has 0 N–H and O–H groups in total. The maximum Gasteiger partial charge on any atom is 0.301 e. The molecule has 2 unspecified atom stereocenters. The minimum Gasteiger partial charge on any atom is -0.270 e. The van der Waals surface area contributed by atoms with Crippen LogP contribution in [-0.2, 0) is 16.4 Å². The Balaban J connectivity index is 0.812. The minimum atomic E-state index is -3.49. The largest absolute Gasteiger partial charge is 0.301 e. The Morgan fingerprint density at radius 1 is 0.338 bits per heavy atom. The number of benzene rings is 12. The Kier molecular flexibility index (Phi) is 11.6. The highest BCUT2D eigenvalue weighted by atomic mass is 31.2. The summed E-state index contributed by atoms with van der Waals surface area (Å²) in [5, 5.41) is 0.772. The lowest BCUT2D eigenvalue weighted by molar-refractivity contribution is 0.582. The lowest BCUT2D eigenvalue weighted by Crippen LogP contribution is -2.26. The molecule has 1 aliphatic heterocycles. The molecule has 2 aliphatic carbocycles. The van der Waals surface area contributed by atoms with Gasteiger partial charge in [0.1, 0.15) is 0 Å². The topological polar surface area (TPSA) is 23.6 Å². The van der Waals surface area contributed by atoms with Crippen LogP contribution in [0.25, 0.3) is 55.6 Å². The van der Waals surface area contributed by atoms with Crippen molar-refractivity contribution in [2.45, 2.75) is 24.2 Å². The van der Waals surface area contributed by atoms with Crippen molar-refractivity contribution < 1.29 is 4.57 Å². The van der Waals surface area contributed by atoms with Gasteiger partial charge in [0.05, 0.1) is 22.1 Å². The molecule has 1 spiro atoms. The zero-order valence-electron chi connectivity index (χ0n) is 44.1. The molecule has 3 nitrogen and oxygen atoms in total. The first-order valence-electron chi connectivity index (χ1n) is 27.9. The van der Waals surface area contributed by atoms with Crippen LogP contribution in [0.1, 0.15) is 51.3 Å². The second-order valence-electron chi connectivity index (χ2n) is 21.4. The molecule has 0 saturated heterocycles. The number of rotatable bonds is 11. The first-order valence-corrected chi connectivity index (χ1v) is 29.5. The summed E-state index contributed by atoms with van der Waals surface area (Å²) >= 11 is 0. The predicted octanol–water partition coefficient (Wildman–Crippen LogP) is 19.6. The number of para-hydroxylation sites is 2. The third-order valence-electron chi connectivity index (χ3n) is 17.1. The summed E-state index contributed by atoms with van der Waals surface area (Å²) in [6.45, 7) is 0. The van der Waals surface area contributed by atoms with Crippen molar-refractivity contribution in [3.8, 4) is 55.6 Å². The smallest absolute Gasteiger partial charge is 0.270 e. The number of fused-ring (bicyclic) bond motifs is 11. The molecule has 1 heterocycles. The number of nitrogens with zero attached hydrogens (tertiary/aromatic N) is 2. The van der Waals surface area contributed by atoms with Crippen LogP contribution < -0.4 is 14.6 Å². The highest BCUT2D eigenvalue weighted by Gasteiger charge is 2.52. The highest BCUT2D eigenvalue weighted by molar-refractivity contribution is 7.76. The summed E-state index contributed by atoms with van der Waals surface area (Å²) in [5.41, 5.74) is 24.9. The summed E-state index contributed by atoms with van der Waals surface area (Å²) < 4.78 is 20.4. The summed E-state index contributed by atoms with van der Waals surface area (Å²) in [6.07, 6.45) is 1.85. The van der Waals surface area contributed by atoms with Crippen molar-refractivity contribution in [1.82, 2.24) is 0 Å². The van der Waals surface area contributed by atoms with Crippen LogP contribution in [0.2, 0.25) is 0 Å². The first-order chi connectivity index (χ1) is 39.6. The standard InChI is InChI=1S/C76H55N2OP/c79-80(63-29-11-4-12-30-63)77(61-25-7-2-8-26-61)73-50-48-60(52-74(73)78(80)62-27-9-3-10-28-62)55-40-42-56(43-41-55)64(49-39-53-21-19-24-59(51-53)54-22-5-1-6-23-54)57-44-46-58(47-45-57)65-34-20-38-72-75(65)68-33-15-18-37-71(68)76(72)69-35-16-13-31-66(69)67-32-14-17-36-70(67)76/h1-38,40-48,50-52,64H,39,49H2. The lowest BCUT2D eigenvalue weighted by atomic mass is 9.70. The molecule has 3 aliphatic rings. The molecule has 0 bridgehead atoms. The van der Waals surface area contributed by atoms with Gasteiger partial charge in [-0.15, -0.1) is 0 Å². The summed E-state index contributed by atoms with van der Waals surface area (Å²) in [7, 11) is -3.49. The van der Waals surface area contributed by atoms with Gasteiger partial charge in [-0.3, -0.25) is 13.9 Å². The molecule has 12 aromatic rings. The fourth-order valence-corrected chi connectivity index (χ4v) is 16.6. The molecule has 380 valence electrons. The predicted molar refractivity (Wildman–Crippen MR) is 333 cm³/mol. The first kappa shape index (κ1) is 47.7. The third kappa shape index (κ3) is 7.53. The van der Waals surface area contributed by atoms with Gasteiger partial charge in [-0.25, -0.2) is 0 Å². The van der Waals surface area contributed by atoms with Gasteiger partial charge in [0.25, 0.3) is 0 Å². The van der Waals surface area contributed by atoms with Crippen molar-refractivity contribution in [2.75, 3.05) is 9.34 Å². The van der Waals surface area contributed by atoms with E-state index in [2.05, 4.69) is 246 Å². The van der Waals surface area contributed by atoms with Crippen LogP contribution in [0.3, 0.4) is 0 Å². The van der Waals surface area contributed by atoms with E-state index in [1.54, 1.807) is 0 Å². The van der Waals surface area contributed by atoms with Crippen LogP contribution in [-0.4, -0.2) is 0 Å². The summed E-state index contributed by atoms with van der Waals surface area (Å²) in [5.74, 6) is 0.125. The van der Waals surface area contributed by atoms with Crippen molar-refractivity contribution in [3.63, 3.8) is 0 Å². The van der Waals surface area contributed by atoms with Gasteiger partial charge in [-0.2, -0.15) is 0 Å². The Morgan fingerprint density at radius 3 is 1.40 bits per heavy atom. The van der Waals surface area contributed by atoms with E-state index in [0.717, 1.165) is 52.0 Å². The molecule has 80 heavy (non-hydrogen) atoms. The normalized spacial score (nSPS) is 15.4. The van der Waals surface area contributed by atoms with Gasteiger partial charge < -0.3 is 0 Å². The Hall–Kier alpha value is -9.53. The van der Waals surface area contributed by atoms with Crippen LogP contribution in [0, 0.1) is 0 Å². The molecule has 0 saturated carbocycles. The molecule has 0 amide bonds. The van der Waals surface area contributed by atoms with Crippen molar-refractivity contribution in [1.29, 1.82) is 0 Å². The summed E-state index contributed by atoms with van der Waals surface area (Å²) in [6, 6.07) is 110. The van der Waals surface area contributed by atoms with Gasteiger partial charge >= 0.3 is 7.44 Å². The Bertz CT molecular complexity index is 4280. The molecule has 12 aromatic carbocycles. The van der Waals surface area contributed by atoms with Crippen molar-refractivity contribution >= 4 is 35.5 Å². The maximum atomic E-state index is 16.3. The molecular formula is C76H55N2OP. The van der Waals surface area contributed by atoms with Gasteiger partial charge in [-0.1, -0.05) is 255 Å². The van der Waals surface area contributed by atoms with E-state index < -0.39 is 12.9 Å². The molecule has 4 heteroatoms. The van der Waals surface area contributed by atoms with E-state index in [9.17, 15) is 0 Å². The summed E-state index contributed by atoms with van der Waals surface area (Å²) in [4.78, 5) is 0. The SMILES string of the molecule is O=P1(c2ccccc2)N(c2ccccc2)c2ccc(-c3ccc(C(CCc4cccc(-c5ccccc5)c4)c4ccc(-c5cccc6c5-c5ccccc5C65c6ccccc6-c6ccccc65)cc4)cc3)cc2N1c1ccccc1. The number of anilines is 4. The van der Waals surface area contributed by atoms with E-state index >= 15 is 4.57 Å². The van der Waals surface area contributed by atoms with Gasteiger partial charge in [0, 0.05) is 17.3 Å². The van der Waals surface area contributed by atoms with Gasteiger partial charge in [0.15, 0.2) is 0 Å². The zero-order valence-corrected chi connectivity index (χ0v) is 45.0. The van der Waals surface area contributed by atoms with E-state index in [1.165, 1.54) is 83.5 Å². The molecule has 15 rings (SSSR count). The fraction of sp³-hybridized carbons (Fsp3) is 0.0526. The van der Waals surface area contributed by atoms with Gasteiger partial charge in [0.2, 0.25) is 0 Å². The quantitative estimate of drug-likeness (QED) is 0.121.